The lowest BCUT2D eigenvalue weighted by Crippen LogP contribution is -2.17. The Labute approximate surface area is 174 Å². The van der Waals surface area contributed by atoms with E-state index in [1.54, 1.807) is 6.07 Å². The maximum atomic E-state index is 13.7. The number of hydrogen-bond donors (Lipinski definition) is 1. The zero-order chi connectivity index (χ0) is 18.2. The molecule has 3 aromatic carbocycles. The Bertz CT molecular complexity index is 845. The predicted molar refractivity (Wildman–Crippen MR) is 114 cm³/mol. The van der Waals surface area contributed by atoms with Crippen molar-refractivity contribution in [3.63, 3.8) is 0 Å². The molecular weight excluding hydrogens is 429 g/mol. The third-order valence-electron chi connectivity index (χ3n) is 4.10. The number of nitrogens with one attached hydrogen (secondary N) is 1. The van der Waals surface area contributed by atoms with Crippen LogP contribution in [0.3, 0.4) is 0 Å². The van der Waals surface area contributed by atoms with Crippen molar-refractivity contribution in [2.75, 3.05) is 6.54 Å². The van der Waals surface area contributed by atoms with E-state index in [4.69, 9.17) is 4.74 Å². The second-order valence-corrected chi connectivity index (χ2v) is 6.96. The molecule has 0 aromatic heterocycles. The molecule has 0 bridgehead atoms. The molecule has 0 radical (unpaired) electrons. The van der Waals surface area contributed by atoms with Gasteiger partial charge in [0.1, 0.15) is 18.2 Å². The molecule has 0 heterocycles. The zero-order valence-corrected chi connectivity index (χ0v) is 17.2. The maximum absolute atomic E-state index is 13.7. The quantitative estimate of drug-likeness (QED) is 0.430. The molecule has 0 unspecified atom stereocenters. The van der Waals surface area contributed by atoms with E-state index in [1.807, 2.05) is 54.6 Å². The second kappa shape index (κ2) is 11.1. The topological polar surface area (TPSA) is 21.3 Å². The third-order valence-corrected chi connectivity index (χ3v) is 4.60. The first-order chi connectivity index (χ1) is 12.7. The summed E-state index contributed by atoms with van der Waals surface area (Å²) in [6, 6.07) is 23.0. The molecule has 0 aliphatic rings. The summed E-state index contributed by atoms with van der Waals surface area (Å²) in [5.41, 5.74) is 2.94. The molecule has 0 amide bonds. The molecule has 0 spiro atoms. The van der Waals surface area contributed by atoms with Crippen LogP contribution in [0.4, 0.5) is 4.39 Å². The van der Waals surface area contributed by atoms with Gasteiger partial charge < -0.3 is 10.1 Å². The van der Waals surface area contributed by atoms with E-state index in [9.17, 15) is 4.39 Å². The molecule has 3 aromatic rings. The van der Waals surface area contributed by atoms with E-state index in [2.05, 4.69) is 27.3 Å². The van der Waals surface area contributed by atoms with Gasteiger partial charge in [0.25, 0.3) is 0 Å². The SMILES string of the molecule is Cl.Fc1ccccc1CCNCc1cc(Br)ccc1OCc1ccccc1. The number of rotatable bonds is 8. The summed E-state index contributed by atoms with van der Waals surface area (Å²) in [5.74, 6) is 0.707. The summed E-state index contributed by atoms with van der Waals surface area (Å²) < 4.78 is 20.7. The first-order valence-corrected chi connectivity index (χ1v) is 9.41. The van der Waals surface area contributed by atoms with Crippen LogP contribution in [0.2, 0.25) is 0 Å². The Morgan fingerprint density at radius 1 is 0.889 bits per heavy atom. The number of halogens is 3. The highest BCUT2D eigenvalue weighted by molar-refractivity contribution is 9.10. The van der Waals surface area contributed by atoms with Crippen molar-refractivity contribution in [3.05, 3.63) is 99.8 Å². The second-order valence-electron chi connectivity index (χ2n) is 6.04. The summed E-state index contributed by atoms with van der Waals surface area (Å²) in [7, 11) is 0. The number of benzene rings is 3. The normalized spacial score (nSPS) is 10.3. The molecule has 2 nitrogen and oxygen atoms in total. The highest BCUT2D eigenvalue weighted by Gasteiger charge is 2.06. The van der Waals surface area contributed by atoms with Crippen molar-refractivity contribution in [1.82, 2.24) is 5.32 Å². The van der Waals surface area contributed by atoms with Crippen molar-refractivity contribution in [3.8, 4) is 5.75 Å². The van der Waals surface area contributed by atoms with Crippen LogP contribution in [0.1, 0.15) is 16.7 Å². The maximum Gasteiger partial charge on any atom is 0.126 e. The van der Waals surface area contributed by atoms with Crippen molar-refractivity contribution in [1.29, 1.82) is 0 Å². The van der Waals surface area contributed by atoms with E-state index in [0.717, 1.165) is 26.9 Å². The fourth-order valence-corrected chi connectivity index (χ4v) is 3.12. The molecule has 0 atom stereocenters. The first kappa shape index (κ1) is 21.4. The van der Waals surface area contributed by atoms with Gasteiger partial charge in [0.15, 0.2) is 0 Å². The van der Waals surface area contributed by atoms with Gasteiger partial charge in [0.2, 0.25) is 0 Å². The molecule has 0 aliphatic carbocycles. The summed E-state index contributed by atoms with van der Waals surface area (Å²) in [6.45, 7) is 1.90. The van der Waals surface area contributed by atoms with E-state index in [0.29, 0.717) is 26.1 Å². The van der Waals surface area contributed by atoms with Gasteiger partial charge in [0, 0.05) is 16.6 Å². The van der Waals surface area contributed by atoms with Gasteiger partial charge in [-0.2, -0.15) is 0 Å². The molecule has 1 N–H and O–H groups in total. The summed E-state index contributed by atoms with van der Waals surface area (Å²) in [5, 5.41) is 3.38. The largest absolute Gasteiger partial charge is 0.489 e. The Kier molecular flexibility index (Phi) is 8.79. The van der Waals surface area contributed by atoms with Gasteiger partial charge in [0.05, 0.1) is 0 Å². The Morgan fingerprint density at radius 3 is 2.41 bits per heavy atom. The average molecular weight is 451 g/mol. The lowest BCUT2D eigenvalue weighted by molar-refractivity contribution is 0.302. The van der Waals surface area contributed by atoms with Crippen LogP contribution in [-0.2, 0) is 19.6 Å². The molecule has 5 heteroatoms. The van der Waals surface area contributed by atoms with Gasteiger partial charge in [-0.15, -0.1) is 12.4 Å². The van der Waals surface area contributed by atoms with Crippen LogP contribution in [-0.4, -0.2) is 6.54 Å². The van der Waals surface area contributed by atoms with Crippen molar-refractivity contribution < 1.29 is 9.13 Å². The standard InChI is InChI=1S/C22H21BrFNO.ClH/c23-20-10-11-22(26-16-17-6-2-1-3-7-17)19(14-20)15-25-13-12-18-8-4-5-9-21(18)24;/h1-11,14,25H,12-13,15-16H2;1H. The minimum Gasteiger partial charge on any atom is -0.489 e. The van der Waals surface area contributed by atoms with Crippen LogP contribution < -0.4 is 10.1 Å². The number of hydrogen-bond acceptors (Lipinski definition) is 2. The fourth-order valence-electron chi connectivity index (χ4n) is 2.71. The molecule has 0 saturated heterocycles. The van der Waals surface area contributed by atoms with Crippen LogP contribution >= 0.6 is 28.3 Å². The Hall–Kier alpha value is -1.88. The molecule has 27 heavy (non-hydrogen) atoms. The van der Waals surface area contributed by atoms with E-state index < -0.39 is 0 Å². The Balaban J connectivity index is 0.00000261. The highest BCUT2D eigenvalue weighted by atomic mass is 79.9. The van der Waals surface area contributed by atoms with Crippen LogP contribution in [0.15, 0.2) is 77.3 Å². The average Bonchev–Trinajstić information content (AvgIpc) is 2.66. The Morgan fingerprint density at radius 2 is 1.63 bits per heavy atom. The van der Waals surface area contributed by atoms with Gasteiger partial charge in [-0.3, -0.25) is 0 Å². The van der Waals surface area contributed by atoms with Gasteiger partial charge in [-0.1, -0.05) is 64.5 Å². The van der Waals surface area contributed by atoms with E-state index >= 15 is 0 Å². The first-order valence-electron chi connectivity index (χ1n) is 8.61. The molecular formula is C22H22BrClFNO. The number of ether oxygens (including phenoxy) is 1. The van der Waals surface area contributed by atoms with Gasteiger partial charge in [-0.25, -0.2) is 4.39 Å². The summed E-state index contributed by atoms with van der Waals surface area (Å²) in [4.78, 5) is 0. The molecule has 0 fully saturated rings. The minimum atomic E-state index is -0.149. The molecule has 0 saturated carbocycles. The third kappa shape index (κ3) is 6.65. The lowest BCUT2D eigenvalue weighted by atomic mass is 10.1. The van der Waals surface area contributed by atoms with Crippen molar-refractivity contribution in [2.45, 2.75) is 19.6 Å². The summed E-state index contributed by atoms with van der Waals surface area (Å²) >= 11 is 3.51. The van der Waals surface area contributed by atoms with Gasteiger partial charge in [-0.05, 0) is 48.4 Å². The molecule has 3 rings (SSSR count). The van der Waals surface area contributed by atoms with E-state index in [1.165, 1.54) is 6.07 Å². The van der Waals surface area contributed by atoms with Crippen molar-refractivity contribution >= 4 is 28.3 Å². The highest BCUT2D eigenvalue weighted by Crippen LogP contribution is 2.24. The minimum absolute atomic E-state index is 0. The smallest absolute Gasteiger partial charge is 0.126 e. The zero-order valence-electron chi connectivity index (χ0n) is 14.8. The lowest BCUT2D eigenvalue weighted by Gasteiger charge is -2.13. The monoisotopic (exact) mass is 449 g/mol. The summed E-state index contributed by atoms with van der Waals surface area (Å²) in [6.07, 6.45) is 0.654. The fraction of sp³-hybridized carbons (Fsp3) is 0.182. The predicted octanol–water partition coefficient (Wildman–Crippen LogP) is 5.92. The van der Waals surface area contributed by atoms with Crippen molar-refractivity contribution in [2.24, 2.45) is 0 Å². The van der Waals surface area contributed by atoms with Crippen LogP contribution in [0.25, 0.3) is 0 Å². The van der Waals surface area contributed by atoms with Crippen LogP contribution in [0.5, 0.6) is 5.75 Å². The van der Waals surface area contributed by atoms with Crippen LogP contribution in [0, 0.1) is 5.82 Å². The molecule has 142 valence electrons. The molecule has 0 aliphatic heterocycles. The van der Waals surface area contributed by atoms with E-state index in [-0.39, 0.29) is 18.2 Å². The van der Waals surface area contributed by atoms with Gasteiger partial charge >= 0.3 is 0 Å².